The fourth-order valence-corrected chi connectivity index (χ4v) is 2.31. The Morgan fingerprint density at radius 2 is 2.17 bits per heavy atom. The molecule has 0 bridgehead atoms. The van der Waals surface area contributed by atoms with Crippen LogP contribution in [0.15, 0.2) is 28.7 Å². The summed E-state index contributed by atoms with van der Waals surface area (Å²) in [6.07, 6.45) is 6.34. The fourth-order valence-electron chi connectivity index (χ4n) is 1.42. The van der Waals surface area contributed by atoms with Crippen molar-refractivity contribution in [1.82, 2.24) is 0 Å². The average molecular weight is 374 g/mol. The van der Waals surface area contributed by atoms with Crippen molar-refractivity contribution in [3.05, 3.63) is 34.3 Å². The summed E-state index contributed by atoms with van der Waals surface area (Å²) >= 11 is 7.15. The zero-order valence-electron chi connectivity index (χ0n) is 10.7. The third-order valence-corrected chi connectivity index (χ3v) is 4.06. The van der Waals surface area contributed by atoms with E-state index >= 15 is 0 Å². The topological polar surface area (TPSA) is 9.23 Å². The Bertz CT molecular complexity index is 421. The van der Waals surface area contributed by atoms with Crippen LogP contribution >= 0.6 is 31.9 Å². The van der Waals surface area contributed by atoms with Crippen molar-refractivity contribution in [2.24, 2.45) is 5.41 Å². The molecule has 0 aliphatic rings. The van der Waals surface area contributed by atoms with Gasteiger partial charge in [-0.15, -0.1) is 6.42 Å². The fraction of sp³-hybridized carbons (Fsp3) is 0.467. The molecule has 1 nitrogen and oxygen atoms in total. The van der Waals surface area contributed by atoms with Crippen molar-refractivity contribution < 1.29 is 4.74 Å². The standard InChI is InChI=1S/C15H18Br2O/c1-4-15(2,3)11-18-9-8-14(17)12-6-5-7-13(16)10-12/h1,5-7,10,14H,8-9,11H2,2-3H3. The van der Waals surface area contributed by atoms with Crippen molar-refractivity contribution >= 4 is 31.9 Å². The number of ether oxygens (including phenoxy) is 1. The molecule has 1 unspecified atom stereocenters. The molecule has 0 N–H and O–H groups in total. The van der Waals surface area contributed by atoms with Gasteiger partial charge < -0.3 is 4.74 Å². The summed E-state index contributed by atoms with van der Waals surface area (Å²) in [4.78, 5) is 0.309. The molecule has 1 atom stereocenters. The van der Waals surface area contributed by atoms with Crippen LogP contribution in [-0.2, 0) is 4.74 Å². The molecular formula is C15H18Br2O. The van der Waals surface area contributed by atoms with Gasteiger partial charge in [0.1, 0.15) is 0 Å². The average Bonchev–Trinajstić information content (AvgIpc) is 2.34. The van der Waals surface area contributed by atoms with E-state index in [9.17, 15) is 0 Å². The highest BCUT2D eigenvalue weighted by molar-refractivity contribution is 9.10. The van der Waals surface area contributed by atoms with Crippen LogP contribution < -0.4 is 0 Å². The van der Waals surface area contributed by atoms with Crippen LogP contribution in [0.5, 0.6) is 0 Å². The summed E-state index contributed by atoms with van der Waals surface area (Å²) in [6.45, 7) is 5.31. The molecule has 3 heteroatoms. The van der Waals surface area contributed by atoms with Gasteiger partial charge in [-0.2, -0.15) is 0 Å². The molecule has 1 aromatic rings. The molecule has 0 heterocycles. The molecule has 0 fully saturated rings. The molecule has 0 amide bonds. The third kappa shape index (κ3) is 5.56. The number of hydrogen-bond acceptors (Lipinski definition) is 1. The highest BCUT2D eigenvalue weighted by Crippen LogP contribution is 2.28. The summed E-state index contributed by atoms with van der Waals surface area (Å²) < 4.78 is 6.72. The number of benzene rings is 1. The van der Waals surface area contributed by atoms with Gasteiger partial charge in [-0.1, -0.05) is 49.9 Å². The summed E-state index contributed by atoms with van der Waals surface area (Å²) in [5.41, 5.74) is 1.07. The van der Waals surface area contributed by atoms with Crippen LogP contribution in [0.3, 0.4) is 0 Å². The van der Waals surface area contributed by atoms with Crippen LogP contribution in [0.1, 0.15) is 30.7 Å². The summed E-state index contributed by atoms with van der Waals surface area (Å²) in [6, 6.07) is 8.28. The third-order valence-electron chi connectivity index (χ3n) is 2.58. The van der Waals surface area contributed by atoms with E-state index < -0.39 is 0 Å². The van der Waals surface area contributed by atoms with Crippen LogP contribution in [0.2, 0.25) is 0 Å². The highest BCUT2D eigenvalue weighted by Gasteiger charge is 2.14. The van der Waals surface area contributed by atoms with Crippen LogP contribution in [0, 0.1) is 17.8 Å². The van der Waals surface area contributed by atoms with Crippen molar-refractivity contribution in [1.29, 1.82) is 0 Å². The van der Waals surface area contributed by atoms with Gasteiger partial charge in [0.25, 0.3) is 0 Å². The minimum absolute atomic E-state index is 0.183. The molecule has 0 radical (unpaired) electrons. The van der Waals surface area contributed by atoms with Crippen LogP contribution in [0.25, 0.3) is 0 Å². The number of terminal acetylenes is 1. The highest BCUT2D eigenvalue weighted by atomic mass is 79.9. The van der Waals surface area contributed by atoms with Gasteiger partial charge in [0.2, 0.25) is 0 Å². The Morgan fingerprint density at radius 3 is 2.78 bits per heavy atom. The normalized spacial score (nSPS) is 13.1. The van der Waals surface area contributed by atoms with Gasteiger partial charge in [-0.3, -0.25) is 0 Å². The molecular weight excluding hydrogens is 356 g/mol. The largest absolute Gasteiger partial charge is 0.380 e. The van der Waals surface area contributed by atoms with Gasteiger partial charge in [-0.25, -0.2) is 0 Å². The molecule has 0 aliphatic carbocycles. The summed E-state index contributed by atoms with van der Waals surface area (Å²) in [7, 11) is 0. The van der Waals surface area contributed by atoms with Crippen molar-refractivity contribution in [2.45, 2.75) is 25.1 Å². The summed E-state index contributed by atoms with van der Waals surface area (Å²) in [5.74, 6) is 2.73. The van der Waals surface area contributed by atoms with E-state index in [0.29, 0.717) is 18.0 Å². The smallest absolute Gasteiger partial charge is 0.0626 e. The second kappa shape index (κ2) is 7.33. The molecule has 0 saturated carbocycles. The maximum Gasteiger partial charge on any atom is 0.0626 e. The second-order valence-corrected chi connectivity index (χ2v) is 6.91. The van der Waals surface area contributed by atoms with E-state index in [1.165, 1.54) is 5.56 Å². The van der Waals surface area contributed by atoms with E-state index in [1.807, 2.05) is 26.0 Å². The molecule has 98 valence electrons. The first-order chi connectivity index (χ1) is 8.44. The predicted octanol–water partition coefficient (Wildman–Crippen LogP) is 4.95. The first kappa shape index (κ1) is 15.8. The van der Waals surface area contributed by atoms with Gasteiger partial charge in [0.15, 0.2) is 0 Å². The molecule has 0 spiro atoms. The Labute approximate surface area is 127 Å². The van der Waals surface area contributed by atoms with E-state index in [0.717, 1.165) is 10.9 Å². The van der Waals surface area contributed by atoms with Crippen molar-refractivity contribution in [3.63, 3.8) is 0 Å². The quantitative estimate of drug-likeness (QED) is 0.389. The van der Waals surface area contributed by atoms with Gasteiger partial charge in [0.05, 0.1) is 6.61 Å². The molecule has 1 aromatic carbocycles. The minimum atomic E-state index is -0.183. The predicted molar refractivity (Wildman–Crippen MR) is 83.9 cm³/mol. The van der Waals surface area contributed by atoms with Crippen LogP contribution in [-0.4, -0.2) is 13.2 Å². The van der Waals surface area contributed by atoms with E-state index in [1.54, 1.807) is 0 Å². The Kier molecular flexibility index (Phi) is 6.42. The second-order valence-electron chi connectivity index (χ2n) is 4.89. The molecule has 0 aliphatic heterocycles. The lowest BCUT2D eigenvalue weighted by Crippen LogP contribution is -2.17. The molecule has 1 rings (SSSR count). The number of rotatable bonds is 6. The minimum Gasteiger partial charge on any atom is -0.380 e. The zero-order valence-corrected chi connectivity index (χ0v) is 13.9. The molecule has 18 heavy (non-hydrogen) atoms. The van der Waals surface area contributed by atoms with Crippen LogP contribution in [0.4, 0.5) is 0 Å². The SMILES string of the molecule is C#CC(C)(C)COCCC(Br)c1cccc(Br)c1. The maximum absolute atomic E-state index is 5.63. The number of hydrogen-bond donors (Lipinski definition) is 0. The first-order valence-electron chi connectivity index (χ1n) is 5.90. The summed E-state index contributed by atoms with van der Waals surface area (Å²) in [5, 5.41) is 0. The Hall–Kier alpha value is -0.300. The Morgan fingerprint density at radius 1 is 1.44 bits per heavy atom. The lowest BCUT2D eigenvalue weighted by Gasteiger charge is -2.18. The van der Waals surface area contributed by atoms with Gasteiger partial charge in [0, 0.05) is 21.3 Å². The van der Waals surface area contributed by atoms with E-state index in [-0.39, 0.29) is 5.41 Å². The first-order valence-corrected chi connectivity index (χ1v) is 7.60. The van der Waals surface area contributed by atoms with E-state index in [2.05, 4.69) is 49.9 Å². The zero-order chi connectivity index (χ0) is 13.6. The number of halogens is 2. The monoisotopic (exact) mass is 372 g/mol. The van der Waals surface area contributed by atoms with Crippen molar-refractivity contribution in [3.8, 4) is 12.3 Å². The lowest BCUT2D eigenvalue weighted by molar-refractivity contribution is 0.0856. The lowest BCUT2D eigenvalue weighted by atomic mass is 9.97. The van der Waals surface area contributed by atoms with Gasteiger partial charge >= 0.3 is 0 Å². The van der Waals surface area contributed by atoms with Gasteiger partial charge in [-0.05, 0) is 38.0 Å². The number of alkyl halides is 1. The molecule has 0 aromatic heterocycles. The molecule has 0 saturated heterocycles. The van der Waals surface area contributed by atoms with Crippen molar-refractivity contribution in [2.75, 3.05) is 13.2 Å². The maximum atomic E-state index is 5.63. The van der Waals surface area contributed by atoms with E-state index in [4.69, 9.17) is 11.2 Å². The Balaban J connectivity index is 2.34.